The third-order valence-corrected chi connectivity index (χ3v) is 6.08. The molecule has 0 aromatic rings. The number of nitrogens with zero attached hydrogens (tertiary/aromatic N) is 2. The van der Waals surface area contributed by atoms with E-state index in [4.69, 9.17) is 18.9 Å². The highest BCUT2D eigenvalue weighted by atomic mass is 16.6. The lowest BCUT2D eigenvalue weighted by molar-refractivity contribution is -0.139. The van der Waals surface area contributed by atoms with Crippen LogP contribution in [0.4, 0.5) is 9.59 Å². The fraction of sp³-hybridized carbons (Fsp3) is 0.769. The first-order chi connectivity index (χ1) is 17.8. The van der Waals surface area contributed by atoms with Crippen LogP contribution in [0.5, 0.6) is 0 Å². The fourth-order valence-electron chi connectivity index (χ4n) is 4.55. The summed E-state index contributed by atoms with van der Waals surface area (Å²) >= 11 is 0. The van der Waals surface area contributed by atoms with Gasteiger partial charge >= 0.3 is 18.2 Å². The highest BCUT2D eigenvalue weighted by molar-refractivity contribution is 5.89. The number of alkyl carbamates (subject to hydrolysis) is 1. The molecule has 1 heterocycles. The molecule has 1 aliphatic carbocycles. The third kappa shape index (κ3) is 10.1. The van der Waals surface area contributed by atoms with Crippen molar-refractivity contribution in [3.63, 3.8) is 0 Å². The quantitative estimate of drug-likeness (QED) is 0.255. The number of ether oxygens (including phenoxy) is 4. The number of hydrogen-bond donors (Lipinski definition) is 2. The number of amides is 3. The van der Waals surface area contributed by atoms with Crippen molar-refractivity contribution >= 4 is 24.1 Å². The van der Waals surface area contributed by atoms with Gasteiger partial charge in [0.05, 0.1) is 37.4 Å². The van der Waals surface area contributed by atoms with Crippen molar-refractivity contribution in [3.05, 3.63) is 11.6 Å². The molecule has 12 nitrogen and oxygen atoms in total. The van der Waals surface area contributed by atoms with Gasteiger partial charge in [-0.2, -0.15) is 0 Å². The number of rotatable bonds is 9. The number of carbonyl (C=O) groups excluding carboxylic acids is 4. The van der Waals surface area contributed by atoms with Gasteiger partial charge < -0.3 is 34.5 Å². The standard InChI is InChI=1S/C26H44N4O8/c1-8-35-23(32)18-14-20(28-24(33)38-26(3,4)5)22(27-17(2)31)21(15-18)30-11-9-10-19(16-30)36-12-13-37-25(34)29(6)7/h15,19-22H,8-14,16H2,1-7H3,(H,27,31)(H,28,33)/t19-,20-,21+,22+/m0/s1. The average molecular weight is 541 g/mol. The number of piperidine rings is 1. The lowest BCUT2D eigenvalue weighted by atomic mass is 9.84. The molecule has 0 unspecified atom stereocenters. The topological polar surface area (TPSA) is 136 Å². The van der Waals surface area contributed by atoms with Crippen molar-refractivity contribution in [2.45, 2.75) is 83.7 Å². The summed E-state index contributed by atoms with van der Waals surface area (Å²) in [4.78, 5) is 52.7. The average Bonchev–Trinajstić information content (AvgIpc) is 2.81. The van der Waals surface area contributed by atoms with Crippen LogP contribution < -0.4 is 10.6 Å². The van der Waals surface area contributed by atoms with Crippen molar-refractivity contribution in [2.75, 3.05) is 47.0 Å². The van der Waals surface area contributed by atoms with E-state index < -0.39 is 41.9 Å². The Kier molecular flexibility index (Phi) is 11.8. The summed E-state index contributed by atoms with van der Waals surface area (Å²) in [6.07, 6.45) is 2.48. The molecule has 0 bridgehead atoms. The van der Waals surface area contributed by atoms with Gasteiger partial charge in [0.15, 0.2) is 0 Å². The first-order valence-electron chi connectivity index (χ1n) is 13.1. The van der Waals surface area contributed by atoms with E-state index in [2.05, 4.69) is 15.5 Å². The minimum absolute atomic E-state index is 0.126. The number of hydrogen-bond acceptors (Lipinski definition) is 9. The predicted molar refractivity (Wildman–Crippen MR) is 139 cm³/mol. The Labute approximate surface area is 225 Å². The van der Waals surface area contributed by atoms with Crippen molar-refractivity contribution in [3.8, 4) is 0 Å². The van der Waals surface area contributed by atoms with Crippen molar-refractivity contribution in [2.24, 2.45) is 0 Å². The van der Waals surface area contributed by atoms with E-state index >= 15 is 0 Å². The molecule has 2 rings (SSSR count). The Morgan fingerprint density at radius 2 is 1.82 bits per heavy atom. The summed E-state index contributed by atoms with van der Waals surface area (Å²) in [6.45, 7) is 10.3. The molecule has 1 aliphatic heterocycles. The molecule has 0 aromatic carbocycles. The molecule has 1 saturated heterocycles. The van der Waals surface area contributed by atoms with Crippen molar-refractivity contribution in [1.29, 1.82) is 0 Å². The highest BCUT2D eigenvalue weighted by Gasteiger charge is 2.41. The van der Waals surface area contributed by atoms with Gasteiger partial charge in [-0.15, -0.1) is 0 Å². The van der Waals surface area contributed by atoms with E-state index in [-0.39, 0.29) is 38.3 Å². The van der Waals surface area contributed by atoms with Gasteiger partial charge in [0.1, 0.15) is 12.2 Å². The maximum absolute atomic E-state index is 12.7. The van der Waals surface area contributed by atoms with Gasteiger partial charge in [-0.25, -0.2) is 14.4 Å². The zero-order chi connectivity index (χ0) is 28.5. The minimum Gasteiger partial charge on any atom is -0.463 e. The van der Waals surface area contributed by atoms with Gasteiger partial charge in [0.25, 0.3) is 0 Å². The van der Waals surface area contributed by atoms with Crippen molar-refractivity contribution < 1.29 is 38.1 Å². The molecular weight excluding hydrogens is 496 g/mol. The SMILES string of the molecule is CCOC(=O)C1=C[C@@H](N2CCC[C@H](OCCOC(=O)N(C)C)C2)[C@H](NC(C)=O)[C@@H](NC(=O)OC(C)(C)C)C1. The molecule has 3 amide bonds. The summed E-state index contributed by atoms with van der Waals surface area (Å²) in [6, 6.07) is -1.52. The van der Waals surface area contributed by atoms with Gasteiger partial charge in [-0.1, -0.05) is 6.08 Å². The number of esters is 1. The van der Waals surface area contributed by atoms with Gasteiger partial charge in [-0.3, -0.25) is 9.69 Å². The van der Waals surface area contributed by atoms with E-state index in [1.54, 1.807) is 41.8 Å². The summed E-state index contributed by atoms with van der Waals surface area (Å²) in [5.74, 6) is -0.709. The van der Waals surface area contributed by atoms with Gasteiger partial charge in [0.2, 0.25) is 5.91 Å². The largest absolute Gasteiger partial charge is 0.463 e. The molecule has 4 atom stereocenters. The maximum Gasteiger partial charge on any atom is 0.409 e. The Hall–Kier alpha value is -2.86. The second-order valence-corrected chi connectivity index (χ2v) is 10.7. The van der Waals surface area contributed by atoms with Crippen LogP contribution in [0.15, 0.2) is 11.6 Å². The molecule has 216 valence electrons. The summed E-state index contributed by atoms with van der Waals surface area (Å²) in [7, 11) is 3.22. The first-order valence-corrected chi connectivity index (χ1v) is 13.1. The first kappa shape index (κ1) is 31.4. The van der Waals surface area contributed by atoms with E-state index in [0.717, 1.165) is 12.8 Å². The second kappa shape index (κ2) is 14.3. The van der Waals surface area contributed by atoms with Crippen LogP contribution in [0.2, 0.25) is 0 Å². The molecule has 38 heavy (non-hydrogen) atoms. The minimum atomic E-state index is -0.709. The number of carbonyl (C=O) groups is 4. The van der Waals surface area contributed by atoms with Crippen LogP contribution in [-0.4, -0.2) is 111 Å². The Morgan fingerprint density at radius 3 is 2.42 bits per heavy atom. The number of nitrogens with one attached hydrogen (secondary N) is 2. The van der Waals surface area contributed by atoms with Crippen molar-refractivity contribution in [1.82, 2.24) is 20.4 Å². The molecule has 0 spiro atoms. The lowest BCUT2D eigenvalue weighted by Gasteiger charge is -2.45. The normalized spacial score (nSPS) is 24.0. The summed E-state index contributed by atoms with van der Waals surface area (Å²) < 4.78 is 21.8. The van der Waals surface area contributed by atoms with E-state index in [1.807, 2.05) is 6.08 Å². The monoisotopic (exact) mass is 540 g/mol. The second-order valence-electron chi connectivity index (χ2n) is 10.7. The Morgan fingerprint density at radius 1 is 1.11 bits per heavy atom. The molecule has 0 radical (unpaired) electrons. The van der Waals surface area contributed by atoms with Crippen LogP contribution in [-0.2, 0) is 28.5 Å². The molecule has 2 aliphatic rings. The summed E-state index contributed by atoms with van der Waals surface area (Å²) in [5.41, 5.74) is -0.280. The molecule has 1 fully saturated rings. The van der Waals surface area contributed by atoms with Crippen LogP contribution in [0.3, 0.4) is 0 Å². The van der Waals surface area contributed by atoms with Gasteiger partial charge in [0, 0.05) is 39.6 Å². The van der Waals surface area contributed by atoms with Crippen LogP contribution in [0.1, 0.15) is 53.9 Å². The summed E-state index contributed by atoms with van der Waals surface area (Å²) in [5, 5.41) is 5.84. The smallest absolute Gasteiger partial charge is 0.409 e. The number of likely N-dealkylation sites (tertiary alicyclic amines) is 1. The van der Waals surface area contributed by atoms with E-state index in [1.165, 1.54) is 11.8 Å². The molecule has 2 N–H and O–H groups in total. The molecule has 0 saturated carbocycles. The zero-order valence-electron chi connectivity index (χ0n) is 23.7. The lowest BCUT2D eigenvalue weighted by Crippen LogP contribution is -2.64. The maximum atomic E-state index is 12.7. The Balaban J connectivity index is 2.22. The van der Waals surface area contributed by atoms with E-state index in [9.17, 15) is 19.2 Å². The zero-order valence-corrected chi connectivity index (χ0v) is 23.7. The Bertz CT molecular complexity index is 870. The molecule has 12 heteroatoms. The predicted octanol–water partition coefficient (Wildman–Crippen LogP) is 1.83. The van der Waals surface area contributed by atoms with E-state index in [0.29, 0.717) is 18.7 Å². The van der Waals surface area contributed by atoms with Crippen LogP contribution in [0, 0.1) is 0 Å². The highest BCUT2D eigenvalue weighted by Crippen LogP contribution is 2.28. The third-order valence-electron chi connectivity index (χ3n) is 6.08. The van der Waals surface area contributed by atoms with Gasteiger partial charge in [-0.05, 0) is 47.1 Å². The molecule has 0 aromatic heterocycles. The van der Waals surface area contributed by atoms with Crippen LogP contribution in [0.25, 0.3) is 0 Å². The van der Waals surface area contributed by atoms with Crippen LogP contribution >= 0.6 is 0 Å². The molecular formula is C26H44N4O8. The fourth-order valence-corrected chi connectivity index (χ4v) is 4.55.